The number of methoxy groups -OCH3 is 1. The standard InChI is InChI=1S/C18H19N5O2/c1-9-10(2)16(22-11(3)14(9)8-19)18(24)23-12-5-6-15(20)13(7-12)17(21)25-4/h5-7,21H,20H2,1-4H3,(H,23,24). The number of carbonyl (C=O) groups is 1. The second-order valence-corrected chi connectivity index (χ2v) is 5.57. The molecule has 0 aliphatic carbocycles. The Labute approximate surface area is 146 Å². The quantitative estimate of drug-likeness (QED) is 0.451. The van der Waals surface area contributed by atoms with Gasteiger partial charge >= 0.3 is 0 Å². The van der Waals surface area contributed by atoms with Crippen LogP contribution in [0.15, 0.2) is 18.2 Å². The number of nitriles is 1. The predicted molar refractivity (Wildman–Crippen MR) is 95.8 cm³/mol. The lowest BCUT2D eigenvalue weighted by molar-refractivity contribution is 0.102. The van der Waals surface area contributed by atoms with Crippen LogP contribution >= 0.6 is 0 Å². The highest BCUT2D eigenvalue weighted by atomic mass is 16.5. The number of nitrogens with zero attached hydrogens (tertiary/aromatic N) is 2. The molecule has 1 aromatic carbocycles. The topological polar surface area (TPSA) is 125 Å². The van der Waals surface area contributed by atoms with Gasteiger partial charge < -0.3 is 15.8 Å². The smallest absolute Gasteiger partial charge is 0.274 e. The van der Waals surface area contributed by atoms with E-state index in [0.29, 0.717) is 33.8 Å². The van der Waals surface area contributed by atoms with Crippen LogP contribution in [0.1, 0.15) is 38.4 Å². The lowest BCUT2D eigenvalue weighted by atomic mass is 10.0. The molecule has 1 amide bonds. The molecule has 128 valence electrons. The van der Waals surface area contributed by atoms with Gasteiger partial charge in [-0.3, -0.25) is 10.2 Å². The maximum atomic E-state index is 12.6. The van der Waals surface area contributed by atoms with Crippen LogP contribution < -0.4 is 11.1 Å². The number of aryl methyl sites for hydroxylation is 1. The van der Waals surface area contributed by atoms with Gasteiger partial charge in [-0.25, -0.2) is 4.98 Å². The van der Waals surface area contributed by atoms with Crippen molar-refractivity contribution in [1.29, 1.82) is 10.7 Å². The molecule has 2 rings (SSSR count). The third-order valence-corrected chi connectivity index (χ3v) is 4.02. The Morgan fingerprint density at radius 1 is 1.32 bits per heavy atom. The zero-order chi connectivity index (χ0) is 18.7. The van der Waals surface area contributed by atoms with Crippen LogP contribution in [0, 0.1) is 37.5 Å². The number of hydrogen-bond acceptors (Lipinski definition) is 6. The molecule has 0 spiro atoms. The number of rotatable bonds is 3. The Morgan fingerprint density at radius 2 is 2.00 bits per heavy atom. The van der Waals surface area contributed by atoms with E-state index in [-0.39, 0.29) is 11.6 Å². The summed E-state index contributed by atoms with van der Waals surface area (Å²) in [7, 11) is 1.38. The SMILES string of the molecule is COC(=N)c1cc(NC(=O)c2nc(C)c(C#N)c(C)c2C)ccc1N. The second kappa shape index (κ2) is 7.01. The van der Waals surface area contributed by atoms with E-state index in [2.05, 4.69) is 16.4 Å². The maximum Gasteiger partial charge on any atom is 0.274 e. The van der Waals surface area contributed by atoms with Crippen molar-refractivity contribution in [2.75, 3.05) is 18.2 Å². The molecule has 25 heavy (non-hydrogen) atoms. The summed E-state index contributed by atoms with van der Waals surface area (Å²) in [5.41, 5.74) is 9.70. The average molecular weight is 337 g/mol. The van der Waals surface area contributed by atoms with Crippen molar-refractivity contribution in [3.63, 3.8) is 0 Å². The Morgan fingerprint density at radius 3 is 2.60 bits per heavy atom. The highest BCUT2D eigenvalue weighted by molar-refractivity contribution is 6.05. The number of pyridine rings is 1. The van der Waals surface area contributed by atoms with Crippen LogP contribution in [0.2, 0.25) is 0 Å². The molecule has 0 fully saturated rings. The third kappa shape index (κ3) is 3.43. The fourth-order valence-corrected chi connectivity index (χ4v) is 2.46. The molecule has 2 aromatic rings. The summed E-state index contributed by atoms with van der Waals surface area (Å²) in [5.74, 6) is -0.485. The fraction of sp³-hybridized carbons (Fsp3) is 0.222. The van der Waals surface area contributed by atoms with Gasteiger partial charge in [-0.2, -0.15) is 5.26 Å². The van der Waals surface area contributed by atoms with Gasteiger partial charge in [0.1, 0.15) is 11.8 Å². The molecule has 0 unspecified atom stereocenters. The molecule has 1 aromatic heterocycles. The van der Waals surface area contributed by atoms with Crippen LogP contribution in [0.5, 0.6) is 0 Å². The summed E-state index contributed by atoms with van der Waals surface area (Å²) in [6.45, 7) is 5.25. The molecule has 0 atom stereocenters. The molecule has 7 nitrogen and oxygen atoms in total. The molecule has 0 aliphatic heterocycles. The molecular formula is C18H19N5O2. The molecule has 0 radical (unpaired) electrons. The zero-order valence-electron chi connectivity index (χ0n) is 14.5. The number of nitrogen functional groups attached to an aromatic ring is 1. The summed E-state index contributed by atoms with van der Waals surface area (Å²) in [6, 6.07) is 6.90. The molecular weight excluding hydrogens is 318 g/mol. The maximum absolute atomic E-state index is 12.6. The van der Waals surface area contributed by atoms with Crippen LogP contribution in [0.3, 0.4) is 0 Å². The van der Waals surface area contributed by atoms with Crippen LogP contribution in [-0.4, -0.2) is 23.9 Å². The van der Waals surface area contributed by atoms with Gasteiger partial charge in [0.15, 0.2) is 0 Å². The minimum atomic E-state index is -0.396. The van der Waals surface area contributed by atoms with Gasteiger partial charge in [0.25, 0.3) is 5.91 Å². The first-order chi connectivity index (χ1) is 11.8. The first-order valence-electron chi connectivity index (χ1n) is 7.51. The van der Waals surface area contributed by atoms with Crippen LogP contribution in [-0.2, 0) is 4.74 Å². The number of aromatic nitrogens is 1. The van der Waals surface area contributed by atoms with E-state index in [4.69, 9.17) is 15.9 Å². The third-order valence-electron chi connectivity index (χ3n) is 4.02. The van der Waals surface area contributed by atoms with Gasteiger partial charge in [-0.05, 0) is 50.1 Å². The normalized spacial score (nSPS) is 10.0. The predicted octanol–water partition coefficient (Wildman–Crippen LogP) is 2.68. The first kappa shape index (κ1) is 17.9. The summed E-state index contributed by atoms with van der Waals surface area (Å²) in [5, 5.41) is 19.7. The molecule has 1 heterocycles. The molecule has 4 N–H and O–H groups in total. The largest absolute Gasteiger partial charge is 0.481 e. The number of nitrogens with two attached hydrogens (primary N) is 1. The van der Waals surface area contributed by atoms with Gasteiger partial charge in [-0.15, -0.1) is 0 Å². The number of ether oxygens (including phenoxy) is 1. The van der Waals surface area contributed by atoms with E-state index in [1.165, 1.54) is 7.11 Å². The van der Waals surface area contributed by atoms with Gasteiger partial charge in [0.05, 0.1) is 23.9 Å². The van der Waals surface area contributed by atoms with E-state index < -0.39 is 5.91 Å². The first-order valence-corrected chi connectivity index (χ1v) is 7.51. The Bertz CT molecular complexity index is 913. The number of anilines is 2. The minimum Gasteiger partial charge on any atom is -0.481 e. The van der Waals surface area contributed by atoms with Crippen molar-refractivity contribution < 1.29 is 9.53 Å². The van der Waals surface area contributed by atoms with Crippen molar-refractivity contribution in [1.82, 2.24) is 4.98 Å². The highest BCUT2D eigenvalue weighted by Crippen LogP contribution is 2.22. The molecule has 0 saturated carbocycles. The number of hydrogen-bond donors (Lipinski definition) is 3. The van der Waals surface area contributed by atoms with Gasteiger partial charge in [0, 0.05) is 11.4 Å². The van der Waals surface area contributed by atoms with E-state index in [1.54, 1.807) is 39.0 Å². The Kier molecular flexibility index (Phi) is 5.03. The summed E-state index contributed by atoms with van der Waals surface area (Å²) in [6.07, 6.45) is 0. The zero-order valence-corrected chi connectivity index (χ0v) is 14.5. The lowest BCUT2D eigenvalue weighted by Crippen LogP contribution is -2.18. The van der Waals surface area contributed by atoms with Crippen molar-refractivity contribution in [2.24, 2.45) is 0 Å². The Balaban J connectivity index is 2.39. The van der Waals surface area contributed by atoms with Crippen LogP contribution in [0.25, 0.3) is 0 Å². The van der Waals surface area contributed by atoms with E-state index >= 15 is 0 Å². The van der Waals surface area contributed by atoms with Crippen molar-refractivity contribution in [3.8, 4) is 6.07 Å². The second-order valence-electron chi connectivity index (χ2n) is 5.57. The van der Waals surface area contributed by atoms with Gasteiger partial charge in [-0.1, -0.05) is 0 Å². The number of nitrogens with one attached hydrogen (secondary N) is 2. The van der Waals surface area contributed by atoms with E-state index in [9.17, 15) is 10.1 Å². The van der Waals surface area contributed by atoms with Crippen molar-refractivity contribution in [2.45, 2.75) is 20.8 Å². The van der Waals surface area contributed by atoms with Crippen molar-refractivity contribution >= 4 is 23.2 Å². The summed E-state index contributed by atoms with van der Waals surface area (Å²) in [4.78, 5) is 16.9. The molecule has 7 heteroatoms. The number of amides is 1. The highest BCUT2D eigenvalue weighted by Gasteiger charge is 2.18. The lowest BCUT2D eigenvalue weighted by Gasteiger charge is -2.13. The molecule has 0 bridgehead atoms. The number of benzene rings is 1. The minimum absolute atomic E-state index is 0.0898. The fourth-order valence-electron chi connectivity index (χ4n) is 2.46. The summed E-state index contributed by atoms with van der Waals surface area (Å²) >= 11 is 0. The summed E-state index contributed by atoms with van der Waals surface area (Å²) < 4.78 is 4.89. The molecule has 0 saturated heterocycles. The number of carbonyl (C=O) groups excluding carboxylic acids is 1. The monoisotopic (exact) mass is 337 g/mol. The van der Waals surface area contributed by atoms with Crippen molar-refractivity contribution in [3.05, 3.63) is 51.8 Å². The van der Waals surface area contributed by atoms with Crippen LogP contribution in [0.4, 0.5) is 11.4 Å². The van der Waals surface area contributed by atoms with E-state index in [0.717, 1.165) is 5.56 Å². The average Bonchev–Trinajstić information content (AvgIpc) is 2.59. The Hall–Kier alpha value is -3.40. The van der Waals surface area contributed by atoms with Gasteiger partial charge in [0.2, 0.25) is 5.90 Å². The van der Waals surface area contributed by atoms with E-state index in [1.807, 2.05) is 0 Å². The molecule has 0 aliphatic rings.